The van der Waals surface area contributed by atoms with Crippen LogP contribution in [-0.2, 0) is 27.2 Å². The van der Waals surface area contributed by atoms with Crippen molar-refractivity contribution in [3.63, 3.8) is 0 Å². The van der Waals surface area contributed by atoms with Gasteiger partial charge in [0.1, 0.15) is 11.5 Å². The summed E-state index contributed by atoms with van der Waals surface area (Å²) < 4.78 is 13.4. The molecule has 0 unspecified atom stereocenters. The Labute approximate surface area is 286 Å². The standard InChI is InChI=1S/C40H69NO6/c1-11-22-41(23-12-2)25-33-31(19-17-27(7)36(33)43)18-16-26(6)35(42)29(9)37(44)32(13-3)38-28(8)24-40(15-5,47-38)34-20-21-39(45,14-4)30(10)46-34/h17,19,26,28-30,32,34-35,38,42-43,45H,11-16,18,20-25H2,1-10H3/t26-,28+,29+,30+,32+,34-,35+,38+,39-,40+/m1/s1. The fourth-order valence-electron chi connectivity index (χ4n) is 8.59. The number of ketones is 1. The number of phenolic OH excluding ortho intramolecular Hbond substituents is 1. The predicted molar refractivity (Wildman–Crippen MR) is 191 cm³/mol. The fraction of sp³-hybridized carbons (Fsp3) is 0.825. The lowest BCUT2D eigenvalue weighted by Crippen LogP contribution is -2.55. The zero-order valence-corrected chi connectivity index (χ0v) is 31.5. The molecule has 270 valence electrons. The Hall–Kier alpha value is -1.51. The molecule has 0 saturated carbocycles. The lowest BCUT2D eigenvalue weighted by atomic mass is 9.76. The van der Waals surface area contributed by atoms with E-state index in [0.717, 1.165) is 81.3 Å². The third kappa shape index (κ3) is 9.00. The van der Waals surface area contributed by atoms with Crippen LogP contribution in [0.1, 0.15) is 137 Å². The monoisotopic (exact) mass is 660 g/mol. The first kappa shape index (κ1) is 39.9. The molecule has 0 bridgehead atoms. The maximum absolute atomic E-state index is 14.1. The van der Waals surface area contributed by atoms with Gasteiger partial charge in [0.25, 0.3) is 0 Å². The number of carbonyl (C=O) groups excluding carboxylic acids is 1. The van der Waals surface area contributed by atoms with Gasteiger partial charge in [0.05, 0.1) is 35.6 Å². The SMILES string of the molecule is CCCN(CCC)Cc1c(CC[C@@H](C)[C@H](O)[C@H](C)C(=O)[C@H](CC)[C@H]2O[C@](CC)([C@H]3CC[C@](O)(CC)[C@H](C)O3)C[C@@H]2C)ccc(C)c1O. The van der Waals surface area contributed by atoms with Crippen molar-refractivity contribution in [1.29, 1.82) is 0 Å². The predicted octanol–water partition coefficient (Wildman–Crippen LogP) is 7.77. The van der Waals surface area contributed by atoms with Gasteiger partial charge >= 0.3 is 0 Å². The van der Waals surface area contributed by atoms with Crippen LogP contribution in [0.25, 0.3) is 0 Å². The first-order valence-corrected chi connectivity index (χ1v) is 19.0. The number of Topliss-reactive ketones (excluding diaryl/α,β-unsaturated/α-hetero) is 1. The molecule has 10 atom stereocenters. The minimum Gasteiger partial charge on any atom is -0.507 e. The Morgan fingerprint density at radius 2 is 1.72 bits per heavy atom. The lowest BCUT2D eigenvalue weighted by molar-refractivity contribution is -0.229. The van der Waals surface area contributed by atoms with E-state index in [1.54, 1.807) is 0 Å². The number of aliphatic hydroxyl groups excluding tert-OH is 1. The van der Waals surface area contributed by atoms with Crippen LogP contribution in [0.2, 0.25) is 0 Å². The van der Waals surface area contributed by atoms with Gasteiger partial charge < -0.3 is 24.8 Å². The van der Waals surface area contributed by atoms with Crippen molar-refractivity contribution < 1.29 is 29.6 Å². The van der Waals surface area contributed by atoms with E-state index >= 15 is 0 Å². The Morgan fingerprint density at radius 1 is 1.06 bits per heavy atom. The maximum Gasteiger partial charge on any atom is 0.143 e. The van der Waals surface area contributed by atoms with Gasteiger partial charge in [-0.2, -0.15) is 0 Å². The van der Waals surface area contributed by atoms with Crippen LogP contribution in [-0.4, -0.2) is 74.7 Å². The number of aliphatic hydroxyl groups is 2. The summed E-state index contributed by atoms with van der Waals surface area (Å²) in [4.78, 5) is 16.5. The Kier molecular flexibility index (Phi) is 14.8. The number of benzene rings is 1. The average Bonchev–Trinajstić information content (AvgIpc) is 3.40. The van der Waals surface area contributed by atoms with Crippen LogP contribution in [0.4, 0.5) is 0 Å². The van der Waals surface area contributed by atoms with Crippen LogP contribution in [0.5, 0.6) is 5.75 Å². The molecule has 2 aliphatic heterocycles. The number of nitrogens with zero attached hydrogens (tertiary/aromatic N) is 1. The van der Waals surface area contributed by atoms with E-state index in [0.29, 0.717) is 25.0 Å². The number of carbonyl (C=O) groups is 1. The number of ether oxygens (including phenoxy) is 2. The van der Waals surface area contributed by atoms with Gasteiger partial charge in [-0.05, 0) is 114 Å². The number of rotatable bonds is 18. The van der Waals surface area contributed by atoms with Gasteiger partial charge in [-0.25, -0.2) is 0 Å². The molecule has 2 aliphatic rings. The average molecular weight is 660 g/mol. The molecule has 0 amide bonds. The van der Waals surface area contributed by atoms with E-state index in [1.807, 2.05) is 40.7 Å². The summed E-state index contributed by atoms with van der Waals surface area (Å²) >= 11 is 0. The van der Waals surface area contributed by atoms with Crippen molar-refractivity contribution in [3.8, 4) is 5.75 Å². The zero-order chi connectivity index (χ0) is 35.1. The van der Waals surface area contributed by atoms with Gasteiger partial charge in [-0.3, -0.25) is 9.69 Å². The summed E-state index contributed by atoms with van der Waals surface area (Å²) in [5, 5.41) is 33.6. The highest BCUT2D eigenvalue weighted by molar-refractivity contribution is 5.84. The topological polar surface area (TPSA) is 99.5 Å². The first-order chi connectivity index (χ1) is 22.2. The molecule has 0 aromatic heterocycles. The number of aromatic hydroxyl groups is 1. The normalized spacial score (nSPS) is 30.7. The number of hydrogen-bond acceptors (Lipinski definition) is 7. The molecule has 7 nitrogen and oxygen atoms in total. The maximum atomic E-state index is 14.1. The minimum absolute atomic E-state index is 0.0809. The second-order valence-corrected chi connectivity index (χ2v) is 15.3. The van der Waals surface area contributed by atoms with Crippen LogP contribution < -0.4 is 0 Å². The second kappa shape index (κ2) is 17.4. The molecule has 2 heterocycles. The summed E-state index contributed by atoms with van der Waals surface area (Å²) in [5.74, 6) is -0.251. The van der Waals surface area contributed by atoms with Crippen molar-refractivity contribution in [3.05, 3.63) is 28.8 Å². The molecular formula is C40H69NO6. The van der Waals surface area contributed by atoms with Crippen LogP contribution >= 0.6 is 0 Å². The van der Waals surface area contributed by atoms with Gasteiger partial charge in [0.15, 0.2) is 0 Å². The van der Waals surface area contributed by atoms with Crippen molar-refractivity contribution in [2.45, 2.75) is 176 Å². The lowest BCUT2D eigenvalue weighted by Gasteiger charge is -2.47. The number of aryl methyl sites for hydroxylation is 2. The molecule has 2 fully saturated rings. The number of phenols is 1. The van der Waals surface area contributed by atoms with Crippen molar-refractivity contribution in [1.82, 2.24) is 4.90 Å². The quantitative estimate of drug-likeness (QED) is 0.148. The van der Waals surface area contributed by atoms with Crippen molar-refractivity contribution >= 4 is 5.78 Å². The summed E-state index contributed by atoms with van der Waals surface area (Å²) in [7, 11) is 0. The molecule has 0 radical (unpaired) electrons. The molecular weight excluding hydrogens is 590 g/mol. The zero-order valence-electron chi connectivity index (χ0n) is 31.5. The Bertz CT molecular complexity index is 1140. The minimum atomic E-state index is -0.800. The van der Waals surface area contributed by atoms with Gasteiger partial charge in [0.2, 0.25) is 0 Å². The van der Waals surface area contributed by atoms with Crippen molar-refractivity contribution in [2.24, 2.45) is 23.7 Å². The molecule has 2 saturated heterocycles. The molecule has 0 spiro atoms. The molecule has 0 aliphatic carbocycles. The van der Waals surface area contributed by atoms with E-state index in [9.17, 15) is 20.1 Å². The summed E-state index contributed by atoms with van der Waals surface area (Å²) in [6.45, 7) is 23.3. The highest BCUT2D eigenvalue weighted by Crippen LogP contribution is 2.48. The fourth-order valence-corrected chi connectivity index (χ4v) is 8.59. The van der Waals surface area contributed by atoms with Crippen molar-refractivity contribution in [2.75, 3.05) is 13.1 Å². The van der Waals surface area contributed by atoms with Gasteiger partial charge in [-0.1, -0.05) is 67.5 Å². The Morgan fingerprint density at radius 3 is 2.28 bits per heavy atom. The van der Waals surface area contributed by atoms with E-state index < -0.39 is 23.2 Å². The Balaban J connectivity index is 1.69. The van der Waals surface area contributed by atoms with Crippen LogP contribution in [0.3, 0.4) is 0 Å². The van der Waals surface area contributed by atoms with Crippen LogP contribution in [0, 0.1) is 30.6 Å². The van der Waals surface area contributed by atoms with E-state index in [1.165, 1.54) is 0 Å². The molecule has 3 N–H and O–H groups in total. The highest BCUT2D eigenvalue weighted by atomic mass is 16.6. The largest absolute Gasteiger partial charge is 0.507 e. The van der Waals surface area contributed by atoms with Crippen LogP contribution in [0.15, 0.2) is 12.1 Å². The molecule has 7 heteroatoms. The molecule has 47 heavy (non-hydrogen) atoms. The van der Waals surface area contributed by atoms with E-state index in [-0.39, 0.29) is 41.8 Å². The van der Waals surface area contributed by atoms with E-state index in [4.69, 9.17) is 9.47 Å². The third-order valence-electron chi connectivity index (χ3n) is 12.0. The molecule has 3 rings (SSSR count). The van der Waals surface area contributed by atoms with Gasteiger partial charge in [0, 0.05) is 23.9 Å². The summed E-state index contributed by atoms with van der Waals surface area (Å²) in [5.41, 5.74) is 1.72. The van der Waals surface area contributed by atoms with Gasteiger partial charge in [-0.15, -0.1) is 0 Å². The molecule has 1 aromatic rings. The second-order valence-electron chi connectivity index (χ2n) is 15.3. The molecule has 1 aromatic carbocycles. The smallest absolute Gasteiger partial charge is 0.143 e. The first-order valence-electron chi connectivity index (χ1n) is 19.0. The third-order valence-corrected chi connectivity index (χ3v) is 12.0. The number of hydrogen-bond donors (Lipinski definition) is 3. The highest BCUT2D eigenvalue weighted by Gasteiger charge is 2.55. The summed E-state index contributed by atoms with van der Waals surface area (Å²) in [6, 6.07) is 4.11. The summed E-state index contributed by atoms with van der Waals surface area (Å²) in [6.07, 6.45) is 6.60. The van der Waals surface area contributed by atoms with E-state index in [2.05, 4.69) is 45.6 Å².